The Labute approximate surface area is 372 Å². The number of ether oxygens (including phenoxy) is 4. The topological polar surface area (TPSA) is 132 Å². The van der Waals surface area contributed by atoms with E-state index < -0.39 is 17.7 Å². The molecule has 1 aromatic carbocycles. The molecule has 0 unspecified atom stereocenters. The molecule has 2 aromatic rings. The van der Waals surface area contributed by atoms with Crippen LogP contribution in [0.5, 0.6) is 11.5 Å². The maximum absolute atomic E-state index is 14.5. The lowest BCUT2D eigenvalue weighted by Crippen LogP contribution is -2.70. The molecular weight excluding hydrogens is 783 g/mol. The lowest BCUT2D eigenvalue weighted by molar-refractivity contribution is -0.255. The second-order valence-electron chi connectivity index (χ2n) is 17.5. The molecule has 2 heterocycles. The molecule has 2 aliphatic carbocycles. The fraction of sp³-hybridized carbons (Fsp3) is 0.667. The van der Waals surface area contributed by atoms with Crippen LogP contribution in [-0.2, 0) is 20.9 Å². The number of pyridine rings is 1. The van der Waals surface area contributed by atoms with Crippen LogP contribution in [0.4, 0.5) is 4.79 Å². The third kappa shape index (κ3) is 12.8. The first-order valence-electron chi connectivity index (χ1n) is 24.0. The Morgan fingerprint density at radius 2 is 1.68 bits per heavy atom. The molecule has 1 saturated carbocycles. The van der Waals surface area contributed by atoms with Crippen molar-refractivity contribution in [3.63, 3.8) is 0 Å². The highest BCUT2D eigenvalue weighted by molar-refractivity contribution is 6.02. The molecule has 1 aromatic heterocycles. The van der Waals surface area contributed by atoms with E-state index in [1.165, 1.54) is 44.9 Å². The molecule has 1 fully saturated rings. The quantitative estimate of drug-likeness (QED) is 0.0466. The molecule has 0 saturated heterocycles. The van der Waals surface area contributed by atoms with Crippen LogP contribution in [0.25, 0.3) is 0 Å². The highest BCUT2D eigenvalue weighted by Gasteiger charge is 2.65. The molecule has 3 aliphatic rings. The molecule has 5 rings (SSSR count). The minimum absolute atomic E-state index is 0.113. The maximum atomic E-state index is 14.5. The lowest BCUT2D eigenvalue weighted by Gasteiger charge is -2.59. The molecule has 2 N–H and O–H groups in total. The van der Waals surface area contributed by atoms with Crippen molar-refractivity contribution in [1.29, 1.82) is 0 Å². The summed E-state index contributed by atoms with van der Waals surface area (Å²) in [6, 6.07) is 11.4. The number of amides is 1. The van der Waals surface area contributed by atoms with E-state index >= 15 is 0 Å². The summed E-state index contributed by atoms with van der Waals surface area (Å²) in [4.78, 5) is 26.5. The van der Waals surface area contributed by atoms with Crippen molar-refractivity contribution >= 4 is 11.8 Å². The summed E-state index contributed by atoms with van der Waals surface area (Å²) in [5.74, 6) is -0.213. The van der Waals surface area contributed by atoms with Gasteiger partial charge in [0.2, 0.25) is 5.79 Å². The number of aromatic nitrogens is 1. The van der Waals surface area contributed by atoms with Crippen LogP contribution in [0.3, 0.4) is 0 Å². The Balaban J connectivity index is 1.53. The molecular formula is C51H77N3O8. The zero-order chi connectivity index (χ0) is 44.2. The van der Waals surface area contributed by atoms with Gasteiger partial charge in [0.15, 0.2) is 0 Å². The molecule has 62 heavy (non-hydrogen) atoms. The number of fused-ring (bicyclic) bond motifs is 2. The third-order valence-electron chi connectivity index (χ3n) is 13.0. The number of aryl methyl sites for hydroxylation is 1. The van der Waals surface area contributed by atoms with E-state index in [1.54, 1.807) is 13.2 Å². The number of aliphatic hydroxyl groups is 2. The van der Waals surface area contributed by atoms with Gasteiger partial charge in [0.25, 0.3) is 0 Å². The summed E-state index contributed by atoms with van der Waals surface area (Å²) < 4.78 is 27.0. The Kier molecular flexibility index (Phi) is 20.6. The molecule has 1 aliphatic heterocycles. The van der Waals surface area contributed by atoms with E-state index in [0.717, 1.165) is 73.2 Å². The van der Waals surface area contributed by atoms with Crippen molar-refractivity contribution < 1.29 is 38.8 Å². The first-order valence-corrected chi connectivity index (χ1v) is 24.0. The summed E-state index contributed by atoms with van der Waals surface area (Å²) in [5.41, 5.74) is 4.55. The lowest BCUT2D eigenvalue weighted by atomic mass is 9.55. The van der Waals surface area contributed by atoms with E-state index in [9.17, 15) is 15.0 Å². The summed E-state index contributed by atoms with van der Waals surface area (Å²) in [6.07, 6.45) is 21.6. The van der Waals surface area contributed by atoms with Crippen molar-refractivity contribution in [2.75, 3.05) is 40.1 Å². The summed E-state index contributed by atoms with van der Waals surface area (Å²) in [6.45, 7) is 11.9. The predicted molar refractivity (Wildman–Crippen MR) is 245 cm³/mol. The molecule has 0 bridgehead atoms. The predicted octanol–water partition coefficient (Wildman–Crippen LogP) is 11.0. The van der Waals surface area contributed by atoms with Gasteiger partial charge in [-0.15, -0.1) is 6.58 Å². The molecule has 344 valence electrons. The third-order valence-corrected chi connectivity index (χ3v) is 13.0. The SMILES string of the molecule is C=CCO[C@@]12Oc3ccc(OCc4cccc(C)n4)cc3[C@H]3[C@H](CCCCO)[C@@H](CCCCO)C=C(C(=NOC)C[C@@H]1N(CCC)C(=O)OCCCCCCCCCCCC)[C@H]32. The smallest absolute Gasteiger partial charge is 0.410 e. The maximum Gasteiger partial charge on any atom is 0.410 e. The van der Waals surface area contributed by atoms with Crippen LogP contribution >= 0.6 is 0 Å². The molecule has 6 atom stereocenters. The van der Waals surface area contributed by atoms with Crippen molar-refractivity contribution in [3.05, 3.63) is 77.7 Å². The van der Waals surface area contributed by atoms with Crippen LogP contribution in [0.2, 0.25) is 0 Å². The van der Waals surface area contributed by atoms with Crippen molar-refractivity contribution in [3.8, 4) is 11.5 Å². The van der Waals surface area contributed by atoms with Gasteiger partial charge in [0.1, 0.15) is 31.3 Å². The van der Waals surface area contributed by atoms with Gasteiger partial charge in [-0.3, -0.25) is 9.88 Å². The molecule has 1 amide bonds. The molecule has 11 nitrogen and oxygen atoms in total. The molecule has 11 heteroatoms. The van der Waals surface area contributed by atoms with E-state index in [2.05, 4.69) is 37.6 Å². The number of carbonyl (C=O) groups excluding carboxylic acids is 1. The number of benzene rings is 1. The first kappa shape index (κ1) is 49.1. The second-order valence-corrected chi connectivity index (χ2v) is 17.5. The zero-order valence-corrected chi connectivity index (χ0v) is 38.4. The second kappa shape index (κ2) is 26.0. The zero-order valence-electron chi connectivity index (χ0n) is 38.4. The number of nitrogens with zero attached hydrogens (tertiary/aromatic N) is 3. The molecule has 0 spiro atoms. The Hall–Kier alpha value is -3.93. The van der Waals surface area contributed by atoms with Gasteiger partial charge < -0.3 is 34.0 Å². The summed E-state index contributed by atoms with van der Waals surface area (Å²) in [7, 11) is 1.57. The van der Waals surface area contributed by atoms with Gasteiger partial charge in [-0.05, 0) is 93.2 Å². The van der Waals surface area contributed by atoms with E-state index in [0.29, 0.717) is 56.9 Å². The van der Waals surface area contributed by atoms with E-state index in [1.807, 2.05) is 42.2 Å². The Bertz CT molecular complexity index is 1730. The first-order chi connectivity index (χ1) is 30.3. The number of carbonyl (C=O) groups is 1. The van der Waals surface area contributed by atoms with Crippen molar-refractivity contribution in [1.82, 2.24) is 9.88 Å². The largest absolute Gasteiger partial charge is 0.487 e. The van der Waals surface area contributed by atoms with E-state index in [4.69, 9.17) is 28.9 Å². The monoisotopic (exact) mass is 860 g/mol. The average Bonchev–Trinajstić information content (AvgIpc) is 3.27. The Morgan fingerprint density at radius 3 is 2.35 bits per heavy atom. The van der Waals surface area contributed by atoms with E-state index in [-0.39, 0.29) is 43.7 Å². The minimum Gasteiger partial charge on any atom is -0.487 e. The fourth-order valence-corrected chi connectivity index (χ4v) is 10.1. The van der Waals surface area contributed by atoms with Gasteiger partial charge >= 0.3 is 6.09 Å². The number of allylic oxidation sites excluding steroid dienone is 1. The number of aliphatic hydroxyl groups excluding tert-OH is 2. The standard InChI is InChI=1S/C51H77N3O8/c1-6-9-10-11-12-13-14-15-16-21-33-59-50(57)54(29-7-2)47-36-45(53-58-5)43-34-39(24-17-19-30-55)42(26-18-20-31-56)48-44-35-41(60-37-40-25-22-23-38(4)52-40)27-28-46(44)62-51(47,49(43)48)61-32-8-3/h8,22-23,25,27-28,34-35,39,42,47-49,55-56H,3,6-7,9-21,24,26,29-33,36-37H2,1-2,4-5H3/t39-,42+,47-,48+,49+,51+/m0/s1. The molecule has 0 radical (unpaired) electrons. The number of hydrogen-bond donors (Lipinski definition) is 2. The normalized spacial score (nSPS) is 23.2. The number of oxime groups is 1. The number of unbranched alkanes of at least 4 members (excludes halogenated alkanes) is 11. The van der Waals surface area contributed by atoms with Gasteiger partial charge in [0, 0.05) is 43.4 Å². The van der Waals surface area contributed by atoms with Crippen LogP contribution in [-0.4, -0.2) is 83.8 Å². The number of rotatable bonds is 29. The van der Waals surface area contributed by atoms with Crippen LogP contribution in [0, 0.1) is 24.7 Å². The van der Waals surface area contributed by atoms with Crippen LogP contribution < -0.4 is 9.47 Å². The highest BCUT2D eigenvalue weighted by Crippen LogP contribution is 2.62. The number of hydrogen-bond acceptors (Lipinski definition) is 10. The van der Waals surface area contributed by atoms with Crippen molar-refractivity contribution in [2.45, 2.75) is 161 Å². The van der Waals surface area contributed by atoms with Gasteiger partial charge in [0.05, 0.1) is 30.5 Å². The fourth-order valence-electron chi connectivity index (χ4n) is 10.1. The summed E-state index contributed by atoms with van der Waals surface area (Å²) in [5, 5.41) is 24.5. The highest BCUT2D eigenvalue weighted by atomic mass is 16.7. The van der Waals surface area contributed by atoms with Gasteiger partial charge in [-0.2, -0.15) is 0 Å². The Morgan fingerprint density at radius 1 is 0.952 bits per heavy atom. The van der Waals surface area contributed by atoms with Gasteiger partial charge in [-0.1, -0.05) is 108 Å². The van der Waals surface area contributed by atoms with Crippen LogP contribution in [0.1, 0.15) is 152 Å². The summed E-state index contributed by atoms with van der Waals surface area (Å²) >= 11 is 0. The van der Waals surface area contributed by atoms with Gasteiger partial charge in [-0.25, -0.2) is 4.79 Å². The van der Waals surface area contributed by atoms with Crippen molar-refractivity contribution in [2.24, 2.45) is 22.9 Å². The average molecular weight is 860 g/mol. The minimum atomic E-state index is -1.32. The van der Waals surface area contributed by atoms with Crippen LogP contribution in [0.15, 0.2) is 65.9 Å².